The Balaban J connectivity index is 1.87. The second kappa shape index (κ2) is 10.5. The van der Waals surface area contributed by atoms with Gasteiger partial charge in [-0.05, 0) is 25.1 Å². The lowest BCUT2D eigenvalue weighted by molar-refractivity contribution is -0.274. The summed E-state index contributed by atoms with van der Waals surface area (Å²) in [6.45, 7) is 8.93. The Bertz CT molecular complexity index is 1380. The maximum Gasteiger partial charge on any atom is 0.573 e. The summed E-state index contributed by atoms with van der Waals surface area (Å²) in [6.07, 6.45) is -3.59. The topological polar surface area (TPSA) is 103 Å². The summed E-state index contributed by atoms with van der Waals surface area (Å²) in [5, 5.41) is 2.73. The van der Waals surface area contributed by atoms with Crippen molar-refractivity contribution in [3.63, 3.8) is 0 Å². The van der Waals surface area contributed by atoms with Gasteiger partial charge in [-0.15, -0.1) is 13.2 Å². The van der Waals surface area contributed by atoms with Gasteiger partial charge in [0.05, 0.1) is 29.4 Å². The number of ether oxygens (including phenoxy) is 1. The third-order valence-electron chi connectivity index (χ3n) is 5.60. The molecule has 0 aliphatic carbocycles. The van der Waals surface area contributed by atoms with Gasteiger partial charge in [0, 0.05) is 22.9 Å². The lowest BCUT2D eigenvalue weighted by Gasteiger charge is -2.21. The lowest BCUT2D eigenvalue weighted by Crippen LogP contribution is -2.24. The number of amides is 1. The molecule has 2 heterocycles. The van der Waals surface area contributed by atoms with Gasteiger partial charge in [-0.25, -0.2) is 13.4 Å². The van der Waals surface area contributed by atoms with Crippen LogP contribution in [0, 0.1) is 6.92 Å². The molecule has 8 nitrogen and oxygen atoms in total. The maximum atomic E-state index is 13.0. The van der Waals surface area contributed by atoms with Crippen molar-refractivity contribution in [2.45, 2.75) is 64.4 Å². The van der Waals surface area contributed by atoms with Crippen molar-refractivity contribution in [2.24, 2.45) is 0 Å². The van der Waals surface area contributed by atoms with Gasteiger partial charge in [0.1, 0.15) is 17.3 Å². The summed E-state index contributed by atoms with van der Waals surface area (Å²) in [5.41, 5.74) is 0.815. The molecule has 200 valence electrons. The minimum atomic E-state index is -4.84. The third-order valence-corrected chi connectivity index (χ3v) is 7.32. The molecule has 0 saturated heterocycles. The number of rotatable bonds is 8. The van der Waals surface area contributed by atoms with E-state index >= 15 is 0 Å². The fraction of sp³-hybridized carbons (Fsp3) is 0.400. The SMILES string of the molecule is CCS(=O)(=O)c1ccc(CNC(=O)c2nc(C(C)(C)C)n(Cc3ccccc3OC(F)(F)F)c2C)nc1. The fourth-order valence-electron chi connectivity index (χ4n) is 3.66. The van der Waals surface area contributed by atoms with Crippen LogP contribution in [0.3, 0.4) is 0 Å². The van der Waals surface area contributed by atoms with Crippen LogP contribution < -0.4 is 10.1 Å². The van der Waals surface area contributed by atoms with Crippen LogP contribution in [0.2, 0.25) is 0 Å². The number of benzene rings is 1. The van der Waals surface area contributed by atoms with Gasteiger partial charge in [0.2, 0.25) is 0 Å². The van der Waals surface area contributed by atoms with Crippen molar-refractivity contribution in [3.8, 4) is 5.75 Å². The zero-order valence-corrected chi connectivity index (χ0v) is 22.0. The highest BCUT2D eigenvalue weighted by molar-refractivity contribution is 7.91. The van der Waals surface area contributed by atoms with Gasteiger partial charge in [-0.1, -0.05) is 45.9 Å². The van der Waals surface area contributed by atoms with Gasteiger partial charge in [-0.3, -0.25) is 9.78 Å². The molecule has 0 spiro atoms. The number of alkyl halides is 3. The van der Waals surface area contributed by atoms with Crippen molar-refractivity contribution in [1.82, 2.24) is 19.9 Å². The smallest absolute Gasteiger partial charge is 0.405 e. The van der Waals surface area contributed by atoms with E-state index in [-0.39, 0.29) is 40.7 Å². The number of aromatic nitrogens is 3. The maximum absolute atomic E-state index is 13.0. The Labute approximate surface area is 213 Å². The number of pyridine rings is 1. The molecule has 1 aromatic carbocycles. The summed E-state index contributed by atoms with van der Waals surface area (Å²) in [4.78, 5) is 21.8. The number of hydrogen-bond acceptors (Lipinski definition) is 6. The Hall–Kier alpha value is -3.41. The third kappa shape index (κ3) is 6.88. The molecule has 0 saturated carbocycles. The normalized spacial score (nSPS) is 12.4. The number of sulfone groups is 1. The molecule has 37 heavy (non-hydrogen) atoms. The van der Waals surface area contributed by atoms with Gasteiger partial charge in [0.25, 0.3) is 5.91 Å². The molecule has 3 rings (SSSR count). The summed E-state index contributed by atoms with van der Waals surface area (Å²) in [5.74, 6) is -0.346. The van der Waals surface area contributed by atoms with Gasteiger partial charge < -0.3 is 14.6 Å². The van der Waals surface area contributed by atoms with E-state index in [0.29, 0.717) is 17.2 Å². The van der Waals surface area contributed by atoms with E-state index in [1.54, 1.807) is 24.5 Å². The van der Waals surface area contributed by atoms with Crippen LogP contribution in [0.4, 0.5) is 13.2 Å². The summed E-state index contributed by atoms with van der Waals surface area (Å²) < 4.78 is 68.5. The summed E-state index contributed by atoms with van der Waals surface area (Å²) in [6, 6.07) is 8.79. The molecule has 2 aromatic heterocycles. The average molecular weight is 539 g/mol. The van der Waals surface area contributed by atoms with Gasteiger partial charge >= 0.3 is 6.36 Å². The number of imidazole rings is 1. The molecule has 0 unspecified atom stereocenters. The molecule has 1 N–H and O–H groups in total. The van der Waals surface area contributed by atoms with Crippen LogP contribution in [-0.4, -0.2) is 41.0 Å². The molecule has 0 radical (unpaired) electrons. The molecule has 0 atom stereocenters. The Morgan fingerprint density at radius 2 is 1.78 bits per heavy atom. The van der Waals surface area contributed by atoms with E-state index in [9.17, 15) is 26.4 Å². The molecule has 1 amide bonds. The zero-order chi connectivity index (χ0) is 27.6. The van der Waals surface area contributed by atoms with Crippen molar-refractivity contribution >= 4 is 15.7 Å². The number of nitrogens with zero attached hydrogens (tertiary/aromatic N) is 3. The van der Waals surface area contributed by atoms with E-state index < -0.39 is 27.5 Å². The van der Waals surface area contributed by atoms with E-state index in [4.69, 9.17) is 0 Å². The molecular formula is C25H29F3N4O4S. The molecular weight excluding hydrogens is 509 g/mol. The predicted molar refractivity (Wildman–Crippen MR) is 131 cm³/mol. The second-order valence-electron chi connectivity index (χ2n) is 9.43. The average Bonchev–Trinajstić information content (AvgIpc) is 3.14. The highest BCUT2D eigenvalue weighted by Crippen LogP contribution is 2.30. The number of carbonyl (C=O) groups excluding carboxylic acids is 1. The van der Waals surface area contributed by atoms with Crippen molar-refractivity contribution < 1.29 is 31.1 Å². The van der Waals surface area contributed by atoms with Crippen LogP contribution >= 0.6 is 0 Å². The minimum absolute atomic E-state index is 0.0138. The number of hydrogen-bond donors (Lipinski definition) is 1. The first-order chi connectivity index (χ1) is 17.1. The molecule has 0 aliphatic rings. The first kappa shape index (κ1) is 28.2. The quantitative estimate of drug-likeness (QED) is 0.451. The Morgan fingerprint density at radius 1 is 1.11 bits per heavy atom. The van der Waals surface area contributed by atoms with Gasteiger partial charge in [0.15, 0.2) is 9.84 Å². The molecule has 3 aromatic rings. The van der Waals surface area contributed by atoms with Crippen LogP contribution in [-0.2, 0) is 28.3 Å². The predicted octanol–water partition coefficient (Wildman–Crippen LogP) is 4.55. The Morgan fingerprint density at radius 3 is 2.35 bits per heavy atom. The Kier molecular flexibility index (Phi) is 8.01. The van der Waals surface area contributed by atoms with Crippen LogP contribution in [0.1, 0.15) is 61.0 Å². The fourth-order valence-corrected chi connectivity index (χ4v) is 4.49. The first-order valence-electron chi connectivity index (χ1n) is 11.5. The number of nitrogens with one attached hydrogen (secondary N) is 1. The molecule has 12 heteroatoms. The van der Waals surface area contributed by atoms with E-state index in [1.807, 2.05) is 20.8 Å². The zero-order valence-electron chi connectivity index (χ0n) is 21.2. The summed E-state index contributed by atoms with van der Waals surface area (Å²) in [7, 11) is -3.38. The molecule has 0 fully saturated rings. The van der Waals surface area contributed by atoms with E-state index in [2.05, 4.69) is 20.0 Å². The number of halogens is 3. The van der Waals surface area contributed by atoms with E-state index in [0.717, 1.165) is 0 Å². The minimum Gasteiger partial charge on any atom is -0.405 e. The number of carbonyl (C=O) groups is 1. The second-order valence-corrected chi connectivity index (χ2v) is 11.7. The van der Waals surface area contributed by atoms with Crippen LogP contribution in [0.5, 0.6) is 5.75 Å². The highest BCUT2D eigenvalue weighted by atomic mass is 32.2. The van der Waals surface area contributed by atoms with Crippen LogP contribution in [0.15, 0.2) is 47.5 Å². The molecule has 0 bridgehead atoms. The van der Waals surface area contributed by atoms with Crippen molar-refractivity contribution in [2.75, 3.05) is 5.75 Å². The number of para-hydroxylation sites is 1. The van der Waals surface area contributed by atoms with E-state index in [1.165, 1.54) is 36.5 Å². The first-order valence-corrected chi connectivity index (χ1v) is 13.1. The van der Waals surface area contributed by atoms with Crippen LogP contribution in [0.25, 0.3) is 0 Å². The highest BCUT2D eigenvalue weighted by Gasteiger charge is 2.33. The van der Waals surface area contributed by atoms with Gasteiger partial charge in [-0.2, -0.15) is 0 Å². The molecule has 0 aliphatic heterocycles. The lowest BCUT2D eigenvalue weighted by atomic mass is 9.95. The summed E-state index contributed by atoms with van der Waals surface area (Å²) >= 11 is 0. The standard InChI is InChI=1S/C25H29F3N4O4S/c1-6-37(34,35)19-12-11-18(29-14-19)13-30-22(33)21-16(2)32(23(31-21)24(3,4)5)15-17-9-7-8-10-20(17)36-25(26,27)28/h7-12,14H,6,13,15H2,1-5H3,(H,30,33). The monoisotopic (exact) mass is 538 g/mol. The largest absolute Gasteiger partial charge is 0.573 e. The van der Waals surface area contributed by atoms with Crippen molar-refractivity contribution in [3.05, 3.63) is 71.1 Å². The van der Waals surface area contributed by atoms with Crippen molar-refractivity contribution in [1.29, 1.82) is 0 Å².